The fraction of sp³-hybridized carbons (Fsp3) is 0.400. The van der Waals surface area contributed by atoms with Crippen LogP contribution in [0.1, 0.15) is 24.8 Å². The molecular weight excluding hydrogens is 318 g/mol. The second-order valence-electron chi connectivity index (χ2n) is 4.75. The van der Waals surface area contributed by atoms with E-state index in [1.54, 1.807) is 0 Å². The Morgan fingerprint density at radius 3 is 2.80 bits per heavy atom. The molecule has 1 amide bonds. The van der Waals surface area contributed by atoms with Crippen LogP contribution in [0.4, 0.5) is 0 Å². The number of rotatable bonds is 7. The van der Waals surface area contributed by atoms with E-state index in [2.05, 4.69) is 37.4 Å². The fourth-order valence-electron chi connectivity index (χ4n) is 1.96. The highest BCUT2D eigenvalue weighted by Crippen LogP contribution is 2.36. The Balaban J connectivity index is 1.71. The van der Waals surface area contributed by atoms with Crippen molar-refractivity contribution in [3.8, 4) is 12.3 Å². The molecule has 0 spiro atoms. The maximum atomic E-state index is 11.8. The van der Waals surface area contributed by atoms with Crippen LogP contribution in [0.5, 0.6) is 0 Å². The van der Waals surface area contributed by atoms with Gasteiger partial charge in [0, 0.05) is 23.9 Å². The molecule has 4 nitrogen and oxygen atoms in total. The van der Waals surface area contributed by atoms with E-state index < -0.39 is 5.66 Å². The van der Waals surface area contributed by atoms with Crippen molar-refractivity contribution in [3.63, 3.8) is 0 Å². The first-order valence-electron chi connectivity index (χ1n) is 6.53. The predicted molar refractivity (Wildman–Crippen MR) is 81.1 cm³/mol. The summed E-state index contributed by atoms with van der Waals surface area (Å²) in [5, 5.41) is 10.8. The largest absolute Gasteiger partial charge is 0.356 e. The highest BCUT2D eigenvalue weighted by Gasteiger charge is 2.41. The normalized spacial score (nSPS) is 14.6. The molecule has 20 heavy (non-hydrogen) atoms. The van der Waals surface area contributed by atoms with Crippen molar-refractivity contribution in [2.45, 2.75) is 31.3 Å². The first-order chi connectivity index (χ1) is 9.65. The third-order valence-corrected chi connectivity index (χ3v) is 3.94. The number of terminal acetylenes is 1. The summed E-state index contributed by atoms with van der Waals surface area (Å²) in [6, 6.07) is 7.99. The van der Waals surface area contributed by atoms with E-state index in [-0.39, 0.29) is 5.91 Å². The maximum absolute atomic E-state index is 11.8. The Hall–Kier alpha value is -1.67. The average Bonchev–Trinajstić information content (AvgIpc) is 3.19. The maximum Gasteiger partial charge on any atom is 0.224 e. The molecule has 1 aliphatic rings. The summed E-state index contributed by atoms with van der Waals surface area (Å²) in [5.74, 6) is 2.52. The summed E-state index contributed by atoms with van der Waals surface area (Å²) in [7, 11) is 0. The van der Waals surface area contributed by atoms with Gasteiger partial charge in [0.05, 0.1) is 6.42 Å². The molecule has 0 aromatic heterocycles. The zero-order valence-electron chi connectivity index (χ0n) is 11.1. The van der Waals surface area contributed by atoms with Crippen molar-refractivity contribution in [1.82, 2.24) is 5.32 Å². The second-order valence-corrected chi connectivity index (χ2v) is 5.61. The molecule has 2 rings (SSSR count). The van der Waals surface area contributed by atoms with Gasteiger partial charge in [-0.25, -0.2) is 0 Å². The molecule has 0 unspecified atom stereocenters. The number of carbonyl (C=O) groups excluding carboxylic acids is 1. The van der Waals surface area contributed by atoms with Crippen LogP contribution in [0.3, 0.4) is 0 Å². The number of hydrogen-bond donors (Lipinski definition) is 1. The summed E-state index contributed by atoms with van der Waals surface area (Å²) in [4.78, 5) is 11.8. The lowest BCUT2D eigenvalue weighted by atomic mass is 10.0. The van der Waals surface area contributed by atoms with Crippen LogP contribution < -0.4 is 5.32 Å². The van der Waals surface area contributed by atoms with Gasteiger partial charge in [-0.05, 0) is 18.1 Å². The topological polar surface area (TPSA) is 53.8 Å². The Kier molecular flexibility index (Phi) is 4.91. The van der Waals surface area contributed by atoms with Crippen LogP contribution in [0.25, 0.3) is 0 Å². The van der Waals surface area contributed by atoms with Crippen molar-refractivity contribution >= 4 is 21.8 Å². The number of halogens is 1. The molecular formula is C15H16BrN3O. The zero-order valence-corrected chi connectivity index (χ0v) is 12.7. The lowest BCUT2D eigenvalue weighted by Gasteiger charge is -2.10. The summed E-state index contributed by atoms with van der Waals surface area (Å²) in [5.41, 5.74) is 0.639. The number of nitrogens with one attached hydrogen (secondary N) is 1. The molecule has 1 aromatic carbocycles. The number of benzene rings is 1. The third kappa shape index (κ3) is 4.17. The first-order valence-corrected chi connectivity index (χ1v) is 7.32. The van der Waals surface area contributed by atoms with Crippen LogP contribution >= 0.6 is 15.9 Å². The third-order valence-electron chi connectivity index (χ3n) is 3.17. The molecule has 5 heteroatoms. The number of hydrogen-bond acceptors (Lipinski definition) is 3. The summed E-state index contributed by atoms with van der Waals surface area (Å²) in [6.45, 7) is 0.604. The molecule has 0 bridgehead atoms. The Bertz CT molecular complexity index is 556. The SMILES string of the molecule is C#CCCC1(CC(=O)NCCc2ccccc2Br)N=N1. The van der Waals surface area contributed by atoms with Crippen molar-refractivity contribution in [2.75, 3.05) is 6.54 Å². The van der Waals surface area contributed by atoms with Crippen LogP contribution in [-0.2, 0) is 11.2 Å². The van der Waals surface area contributed by atoms with Crippen molar-refractivity contribution in [2.24, 2.45) is 10.2 Å². The minimum Gasteiger partial charge on any atom is -0.356 e. The number of amides is 1. The van der Waals surface area contributed by atoms with Gasteiger partial charge in [0.1, 0.15) is 0 Å². The molecule has 1 heterocycles. The molecule has 1 N–H and O–H groups in total. The van der Waals surface area contributed by atoms with E-state index in [9.17, 15) is 4.79 Å². The molecule has 0 aliphatic carbocycles. The highest BCUT2D eigenvalue weighted by atomic mass is 79.9. The molecule has 1 aromatic rings. The van der Waals surface area contributed by atoms with Gasteiger partial charge in [0.15, 0.2) is 0 Å². The molecule has 0 saturated heterocycles. The Labute approximate surface area is 127 Å². The van der Waals surface area contributed by atoms with E-state index >= 15 is 0 Å². The van der Waals surface area contributed by atoms with E-state index in [0.29, 0.717) is 25.8 Å². The van der Waals surface area contributed by atoms with Crippen LogP contribution in [0.2, 0.25) is 0 Å². The van der Waals surface area contributed by atoms with E-state index in [0.717, 1.165) is 10.9 Å². The van der Waals surface area contributed by atoms with Gasteiger partial charge < -0.3 is 5.32 Å². The van der Waals surface area contributed by atoms with Crippen LogP contribution in [0.15, 0.2) is 39.0 Å². The van der Waals surface area contributed by atoms with Crippen LogP contribution in [-0.4, -0.2) is 18.1 Å². The lowest BCUT2D eigenvalue weighted by molar-refractivity contribution is -0.121. The van der Waals surface area contributed by atoms with Gasteiger partial charge in [0.2, 0.25) is 11.6 Å². The minimum atomic E-state index is -0.538. The fourth-order valence-corrected chi connectivity index (χ4v) is 2.44. The monoisotopic (exact) mass is 333 g/mol. The van der Waals surface area contributed by atoms with E-state index in [4.69, 9.17) is 6.42 Å². The molecule has 1 aliphatic heterocycles. The molecule has 0 fully saturated rings. The lowest BCUT2D eigenvalue weighted by Crippen LogP contribution is -2.30. The number of nitrogens with zero attached hydrogens (tertiary/aromatic N) is 2. The summed E-state index contributed by atoms with van der Waals surface area (Å²) < 4.78 is 1.06. The average molecular weight is 334 g/mol. The van der Waals surface area contributed by atoms with Gasteiger partial charge in [-0.2, -0.15) is 10.2 Å². The van der Waals surface area contributed by atoms with Gasteiger partial charge in [-0.3, -0.25) is 4.79 Å². The van der Waals surface area contributed by atoms with Gasteiger partial charge in [0.25, 0.3) is 0 Å². The molecule has 0 atom stereocenters. The summed E-state index contributed by atoms with van der Waals surface area (Å²) in [6.07, 6.45) is 7.55. The van der Waals surface area contributed by atoms with Gasteiger partial charge in [-0.1, -0.05) is 34.1 Å². The first kappa shape index (κ1) is 14.7. The molecule has 0 radical (unpaired) electrons. The Morgan fingerprint density at radius 2 is 2.15 bits per heavy atom. The van der Waals surface area contributed by atoms with Crippen molar-refractivity contribution in [3.05, 3.63) is 34.3 Å². The smallest absolute Gasteiger partial charge is 0.224 e. The van der Waals surface area contributed by atoms with Crippen molar-refractivity contribution < 1.29 is 4.79 Å². The zero-order chi connectivity index (χ0) is 14.4. The number of carbonyl (C=O) groups is 1. The second kappa shape index (κ2) is 6.67. The van der Waals surface area contributed by atoms with E-state index in [1.165, 1.54) is 5.56 Å². The van der Waals surface area contributed by atoms with Crippen molar-refractivity contribution in [1.29, 1.82) is 0 Å². The van der Waals surface area contributed by atoms with Gasteiger partial charge >= 0.3 is 0 Å². The van der Waals surface area contributed by atoms with Crippen LogP contribution in [0, 0.1) is 12.3 Å². The summed E-state index contributed by atoms with van der Waals surface area (Å²) >= 11 is 3.49. The standard InChI is InChI=1S/C15H16BrN3O/c1-2-3-9-15(18-19-15)11-14(20)17-10-8-12-6-4-5-7-13(12)16/h1,4-7H,3,8-11H2,(H,17,20). The predicted octanol–water partition coefficient (Wildman–Crippen LogP) is 3.07. The van der Waals surface area contributed by atoms with E-state index in [1.807, 2.05) is 24.3 Å². The Morgan fingerprint density at radius 1 is 1.40 bits per heavy atom. The molecule has 0 saturated carbocycles. The van der Waals surface area contributed by atoms with Gasteiger partial charge in [-0.15, -0.1) is 12.3 Å². The minimum absolute atomic E-state index is 0.0286. The quantitative estimate of drug-likeness (QED) is 0.766. The molecule has 104 valence electrons. The highest BCUT2D eigenvalue weighted by molar-refractivity contribution is 9.10.